The molecule has 100 valence electrons. The summed E-state index contributed by atoms with van der Waals surface area (Å²) in [7, 11) is 1.68. The van der Waals surface area contributed by atoms with Crippen LogP contribution >= 0.6 is 31.9 Å². The van der Waals surface area contributed by atoms with Crippen LogP contribution in [0, 0.1) is 5.92 Å². The number of rotatable bonds is 4. The molecule has 2 nitrogen and oxygen atoms in total. The van der Waals surface area contributed by atoms with Crippen LogP contribution in [0.1, 0.15) is 31.7 Å². The molecule has 0 amide bonds. The molecule has 0 saturated heterocycles. The van der Waals surface area contributed by atoms with Gasteiger partial charge in [0.2, 0.25) is 0 Å². The van der Waals surface area contributed by atoms with Crippen LogP contribution in [-0.4, -0.2) is 13.2 Å². The monoisotopic (exact) mass is 375 g/mol. The normalized spacial score (nSPS) is 23.3. The van der Waals surface area contributed by atoms with Crippen molar-refractivity contribution in [3.63, 3.8) is 0 Å². The van der Waals surface area contributed by atoms with E-state index in [-0.39, 0.29) is 0 Å². The molecule has 0 radical (unpaired) electrons. The molecule has 1 aliphatic rings. The number of methoxy groups -OCH3 is 1. The molecule has 2 atom stereocenters. The fourth-order valence-corrected chi connectivity index (χ4v) is 4.21. The highest BCUT2D eigenvalue weighted by Gasteiger charge is 2.22. The molecule has 0 heterocycles. The Morgan fingerprint density at radius 2 is 1.94 bits per heavy atom. The van der Waals surface area contributed by atoms with Gasteiger partial charge in [0.25, 0.3) is 0 Å². The van der Waals surface area contributed by atoms with Crippen LogP contribution in [0.15, 0.2) is 21.1 Å². The van der Waals surface area contributed by atoms with Crippen LogP contribution in [0.4, 0.5) is 0 Å². The molecule has 0 aliphatic heterocycles. The van der Waals surface area contributed by atoms with Crippen LogP contribution in [0.2, 0.25) is 0 Å². The Labute approximate surface area is 126 Å². The molecule has 2 rings (SSSR count). The maximum atomic E-state index is 5.31. The highest BCUT2D eigenvalue weighted by molar-refractivity contribution is 9.11. The minimum atomic E-state index is 0.671. The molecule has 0 bridgehead atoms. The van der Waals surface area contributed by atoms with E-state index in [2.05, 4.69) is 56.2 Å². The van der Waals surface area contributed by atoms with Crippen molar-refractivity contribution < 1.29 is 4.74 Å². The fourth-order valence-electron chi connectivity index (χ4n) is 2.61. The lowest BCUT2D eigenvalue weighted by Gasteiger charge is -2.18. The van der Waals surface area contributed by atoms with Crippen LogP contribution in [0.3, 0.4) is 0 Å². The third-order valence-corrected chi connectivity index (χ3v) is 4.87. The van der Waals surface area contributed by atoms with Crippen molar-refractivity contribution in [2.24, 2.45) is 5.92 Å². The summed E-state index contributed by atoms with van der Waals surface area (Å²) in [6.45, 7) is 3.25. The lowest BCUT2D eigenvalue weighted by atomic mass is 10.1. The van der Waals surface area contributed by atoms with Crippen LogP contribution in [-0.2, 0) is 6.54 Å². The van der Waals surface area contributed by atoms with Crippen molar-refractivity contribution in [1.29, 1.82) is 0 Å². The minimum absolute atomic E-state index is 0.671. The van der Waals surface area contributed by atoms with Gasteiger partial charge < -0.3 is 10.1 Å². The van der Waals surface area contributed by atoms with Crippen LogP contribution in [0.25, 0.3) is 0 Å². The summed E-state index contributed by atoms with van der Waals surface area (Å²) < 4.78 is 7.30. The van der Waals surface area contributed by atoms with E-state index in [1.54, 1.807) is 7.11 Å². The van der Waals surface area contributed by atoms with Gasteiger partial charge in [-0.15, -0.1) is 0 Å². The Bertz CT molecular complexity index is 399. The molecule has 4 heteroatoms. The third-order valence-electron chi connectivity index (χ3n) is 3.69. The predicted molar refractivity (Wildman–Crippen MR) is 82.0 cm³/mol. The SMILES string of the molecule is COc1c(Br)cc(CNC2CCCC2C)cc1Br. The minimum Gasteiger partial charge on any atom is -0.494 e. The first-order valence-electron chi connectivity index (χ1n) is 6.37. The van der Waals surface area contributed by atoms with E-state index < -0.39 is 0 Å². The standard InChI is InChI=1S/C14H19Br2NO/c1-9-4-3-5-13(9)17-8-10-6-11(15)14(18-2)12(16)7-10/h6-7,9,13,17H,3-5,8H2,1-2H3. The second kappa shape index (κ2) is 6.40. The topological polar surface area (TPSA) is 21.3 Å². The third kappa shape index (κ3) is 3.28. The van der Waals surface area contributed by atoms with Gasteiger partial charge in [-0.25, -0.2) is 0 Å². The number of hydrogen-bond acceptors (Lipinski definition) is 2. The predicted octanol–water partition coefficient (Wildman–Crippen LogP) is 4.50. The summed E-state index contributed by atoms with van der Waals surface area (Å²) in [5, 5.41) is 3.66. The highest BCUT2D eigenvalue weighted by Crippen LogP contribution is 2.34. The number of nitrogens with one attached hydrogen (secondary N) is 1. The molecule has 18 heavy (non-hydrogen) atoms. The molecular weight excluding hydrogens is 358 g/mol. The molecule has 1 aromatic carbocycles. The first-order chi connectivity index (χ1) is 8.61. The highest BCUT2D eigenvalue weighted by atomic mass is 79.9. The van der Waals surface area contributed by atoms with Crippen molar-refractivity contribution in [3.8, 4) is 5.75 Å². The van der Waals surface area contributed by atoms with E-state index in [9.17, 15) is 0 Å². The summed E-state index contributed by atoms with van der Waals surface area (Å²) in [6.07, 6.45) is 4.02. The van der Waals surface area contributed by atoms with Crippen LogP contribution < -0.4 is 10.1 Å². The summed E-state index contributed by atoms with van der Waals surface area (Å²) >= 11 is 7.08. The van der Waals surface area contributed by atoms with Gasteiger partial charge in [0, 0.05) is 12.6 Å². The van der Waals surface area contributed by atoms with Gasteiger partial charge in [-0.05, 0) is 68.3 Å². The van der Waals surface area contributed by atoms with Gasteiger partial charge in [0.05, 0.1) is 16.1 Å². The Morgan fingerprint density at radius 1 is 1.28 bits per heavy atom. The molecule has 1 fully saturated rings. The van der Waals surface area contributed by atoms with Gasteiger partial charge in [-0.3, -0.25) is 0 Å². The number of halogens is 2. The molecule has 1 aliphatic carbocycles. The lowest BCUT2D eigenvalue weighted by Crippen LogP contribution is -2.30. The quantitative estimate of drug-likeness (QED) is 0.835. The van der Waals surface area contributed by atoms with E-state index >= 15 is 0 Å². The Hall–Kier alpha value is -0.0600. The lowest BCUT2D eigenvalue weighted by molar-refractivity contribution is 0.408. The zero-order valence-corrected chi connectivity index (χ0v) is 14.0. The Kier molecular flexibility index (Phi) is 5.10. The number of ether oxygens (including phenoxy) is 1. The largest absolute Gasteiger partial charge is 0.494 e. The Balaban J connectivity index is 2.01. The molecule has 0 aromatic heterocycles. The summed E-state index contributed by atoms with van der Waals surface area (Å²) in [6, 6.07) is 4.91. The van der Waals surface area contributed by atoms with E-state index in [0.29, 0.717) is 6.04 Å². The smallest absolute Gasteiger partial charge is 0.147 e. The van der Waals surface area contributed by atoms with Crippen molar-refractivity contribution in [1.82, 2.24) is 5.32 Å². The zero-order chi connectivity index (χ0) is 13.1. The van der Waals surface area contributed by atoms with Gasteiger partial charge >= 0.3 is 0 Å². The summed E-state index contributed by atoms with van der Waals surface area (Å²) in [5.41, 5.74) is 1.27. The maximum Gasteiger partial charge on any atom is 0.147 e. The Morgan fingerprint density at radius 3 is 2.44 bits per heavy atom. The van der Waals surface area contributed by atoms with Crippen molar-refractivity contribution in [2.75, 3.05) is 7.11 Å². The maximum absolute atomic E-state index is 5.31. The number of benzene rings is 1. The van der Waals surface area contributed by atoms with Gasteiger partial charge in [-0.2, -0.15) is 0 Å². The van der Waals surface area contributed by atoms with Gasteiger partial charge in [0.15, 0.2) is 0 Å². The number of hydrogen-bond donors (Lipinski definition) is 1. The second-order valence-corrected chi connectivity index (χ2v) is 6.70. The zero-order valence-electron chi connectivity index (χ0n) is 10.8. The first kappa shape index (κ1) is 14.4. The van der Waals surface area contributed by atoms with E-state index in [0.717, 1.165) is 27.2 Å². The molecule has 0 spiro atoms. The van der Waals surface area contributed by atoms with Crippen molar-refractivity contribution >= 4 is 31.9 Å². The van der Waals surface area contributed by atoms with E-state index in [4.69, 9.17) is 4.74 Å². The summed E-state index contributed by atoms with van der Waals surface area (Å²) in [4.78, 5) is 0. The molecule has 1 saturated carbocycles. The molecular formula is C14H19Br2NO. The van der Waals surface area contributed by atoms with Crippen LogP contribution in [0.5, 0.6) is 5.75 Å². The van der Waals surface area contributed by atoms with Gasteiger partial charge in [0.1, 0.15) is 5.75 Å². The first-order valence-corrected chi connectivity index (χ1v) is 7.95. The average Bonchev–Trinajstić information content (AvgIpc) is 2.72. The molecule has 1 N–H and O–H groups in total. The summed E-state index contributed by atoms with van der Waals surface area (Å²) in [5.74, 6) is 1.66. The van der Waals surface area contributed by atoms with Crippen molar-refractivity contribution in [3.05, 3.63) is 26.6 Å². The van der Waals surface area contributed by atoms with E-state index in [1.165, 1.54) is 24.8 Å². The second-order valence-electron chi connectivity index (χ2n) is 4.99. The van der Waals surface area contributed by atoms with Crippen molar-refractivity contribution in [2.45, 2.75) is 38.8 Å². The molecule has 1 aromatic rings. The van der Waals surface area contributed by atoms with E-state index in [1.807, 2.05) is 0 Å². The molecule has 2 unspecified atom stereocenters. The average molecular weight is 377 g/mol. The van der Waals surface area contributed by atoms with Gasteiger partial charge in [-0.1, -0.05) is 13.3 Å². The fraction of sp³-hybridized carbons (Fsp3) is 0.571.